The topological polar surface area (TPSA) is 116 Å². The van der Waals surface area contributed by atoms with Gasteiger partial charge >= 0.3 is 12.0 Å². The van der Waals surface area contributed by atoms with Gasteiger partial charge < -0.3 is 20.8 Å². The summed E-state index contributed by atoms with van der Waals surface area (Å²) in [4.78, 5) is 22.3. The largest absolute Gasteiger partial charge is 0.480 e. The Balaban J connectivity index is 2.47. The second kappa shape index (κ2) is 6.74. The number of aromatic nitrogens is 2. The third-order valence-corrected chi connectivity index (χ3v) is 2.80. The smallest absolute Gasteiger partial charge is 0.326 e. The monoisotopic (exact) mass is 270 g/mol. The number of carbonyl (C=O) groups is 2. The number of aliphatic hydroxyl groups is 1. The Bertz CT molecular complexity index is 458. The minimum atomic E-state index is -1.18. The first-order chi connectivity index (χ1) is 8.95. The predicted molar refractivity (Wildman–Crippen MR) is 66.4 cm³/mol. The van der Waals surface area contributed by atoms with Crippen molar-refractivity contribution >= 4 is 12.0 Å². The molecule has 0 fully saturated rings. The number of rotatable bonds is 6. The molecule has 19 heavy (non-hydrogen) atoms. The summed E-state index contributed by atoms with van der Waals surface area (Å²) < 4.78 is 1.68. The van der Waals surface area contributed by atoms with Crippen LogP contribution in [-0.4, -0.2) is 44.6 Å². The predicted octanol–water partition coefficient (Wildman–Crippen LogP) is -0.637. The number of carbonyl (C=O) groups excluding carboxylic acids is 1. The van der Waals surface area contributed by atoms with Gasteiger partial charge in [-0.2, -0.15) is 5.10 Å². The van der Waals surface area contributed by atoms with E-state index in [-0.39, 0.29) is 19.6 Å². The number of aliphatic hydroxyl groups excluding tert-OH is 1. The van der Waals surface area contributed by atoms with Crippen molar-refractivity contribution in [3.8, 4) is 0 Å². The van der Waals surface area contributed by atoms with Gasteiger partial charge in [-0.25, -0.2) is 9.59 Å². The zero-order valence-corrected chi connectivity index (χ0v) is 10.9. The molecule has 0 aliphatic heterocycles. The van der Waals surface area contributed by atoms with Crippen molar-refractivity contribution < 1.29 is 19.8 Å². The molecular weight excluding hydrogens is 252 g/mol. The van der Waals surface area contributed by atoms with Gasteiger partial charge in [-0.15, -0.1) is 0 Å². The van der Waals surface area contributed by atoms with E-state index in [1.807, 2.05) is 6.92 Å². The molecular formula is C11H18N4O4. The maximum Gasteiger partial charge on any atom is 0.326 e. The lowest BCUT2D eigenvalue weighted by atomic mass is 10.2. The van der Waals surface area contributed by atoms with Gasteiger partial charge in [-0.05, 0) is 6.92 Å². The summed E-state index contributed by atoms with van der Waals surface area (Å²) >= 11 is 0. The lowest BCUT2D eigenvalue weighted by Gasteiger charge is -2.13. The fourth-order valence-electron chi connectivity index (χ4n) is 1.49. The van der Waals surface area contributed by atoms with Crippen molar-refractivity contribution in [2.45, 2.75) is 25.9 Å². The molecule has 1 rings (SSSR count). The lowest BCUT2D eigenvalue weighted by Crippen LogP contribution is -2.46. The highest BCUT2D eigenvalue weighted by Gasteiger charge is 2.19. The molecule has 1 atom stereocenters. The molecule has 0 aliphatic carbocycles. The van der Waals surface area contributed by atoms with Crippen LogP contribution in [0.5, 0.6) is 0 Å². The molecule has 8 heteroatoms. The van der Waals surface area contributed by atoms with Crippen molar-refractivity contribution in [2.75, 3.05) is 6.61 Å². The number of amides is 2. The van der Waals surface area contributed by atoms with Gasteiger partial charge in [0.05, 0.1) is 6.20 Å². The Labute approximate surface area is 110 Å². The minimum Gasteiger partial charge on any atom is -0.480 e. The average Bonchev–Trinajstić information content (AvgIpc) is 2.67. The standard InChI is InChI=1S/C11H18N4O4/c1-7-8(6-13-15(7)2)5-12-11(19)14-9(3-4-16)10(17)18/h6,9,16H,3-5H2,1-2H3,(H,17,18)(H2,12,14,19)/t9-/m0/s1. The van der Waals surface area contributed by atoms with E-state index in [0.717, 1.165) is 11.3 Å². The van der Waals surface area contributed by atoms with E-state index in [0.29, 0.717) is 0 Å². The summed E-state index contributed by atoms with van der Waals surface area (Å²) in [7, 11) is 1.79. The van der Waals surface area contributed by atoms with Crippen LogP contribution in [0.3, 0.4) is 0 Å². The molecule has 1 aromatic heterocycles. The quantitative estimate of drug-likeness (QED) is 0.549. The Morgan fingerprint density at radius 2 is 2.21 bits per heavy atom. The molecule has 0 bridgehead atoms. The van der Waals surface area contributed by atoms with Crippen LogP contribution < -0.4 is 10.6 Å². The zero-order valence-electron chi connectivity index (χ0n) is 10.9. The Hall–Kier alpha value is -2.09. The number of hydrogen-bond acceptors (Lipinski definition) is 4. The summed E-state index contributed by atoms with van der Waals surface area (Å²) in [6, 6.07) is -1.69. The van der Waals surface area contributed by atoms with Crippen LogP contribution >= 0.6 is 0 Å². The van der Waals surface area contributed by atoms with Crippen LogP contribution in [0.2, 0.25) is 0 Å². The van der Waals surface area contributed by atoms with E-state index in [9.17, 15) is 9.59 Å². The number of carboxylic acids is 1. The van der Waals surface area contributed by atoms with Gasteiger partial charge in [0, 0.05) is 37.9 Å². The zero-order chi connectivity index (χ0) is 14.4. The molecule has 1 aromatic rings. The number of aryl methyl sites for hydroxylation is 1. The first kappa shape index (κ1) is 15.0. The van der Waals surface area contributed by atoms with Crippen molar-refractivity contribution in [2.24, 2.45) is 7.05 Å². The minimum absolute atomic E-state index is 0.0331. The number of hydrogen-bond donors (Lipinski definition) is 4. The van der Waals surface area contributed by atoms with Crippen molar-refractivity contribution in [3.63, 3.8) is 0 Å². The molecule has 4 N–H and O–H groups in total. The maximum atomic E-state index is 11.5. The fourth-order valence-corrected chi connectivity index (χ4v) is 1.49. The van der Waals surface area contributed by atoms with Gasteiger partial charge in [0.15, 0.2) is 0 Å². The molecule has 0 aromatic carbocycles. The van der Waals surface area contributed by atoms with Crippen LogP contribution in [0.25, 0.3) is 0 Å². The molecule has 0 saturated carbocycles. The van der Waals surface area contributed by atoms with Crippen LogP contribution in [0, 0.1) is 6.92 Å². The second-order valence-corrected chi connectivity index (χ2v) is 4.11. The SMILES string of the molecule is Cc1c(CNC(=O)N[C@@H](CCO)C(=O)O)cnn1C. The van der Waals surface area contributed by atoms with Crippen molar-refractivity contribution in [3.05, 3.63) is 17.5 Å². The molecule has 0 radical (unpaired) electrons. The third kappa shape index (κ3) is 4.25. The lowest BCUT2D eigenvalue weighted by molar-refractivity contribution is -0.139. The molecule has 2 amide bonds. The van der Waals surface area contributed by atoms with Crippen LogP contribution in [-0.2, 0) is 18.4 Å². The van der Waals surface area contributed by atoms with Gasteiger partial charge in [-0.1, -0.05) is 0 Å². The average molecular weight is 270 g/mol. The molecule has 0 aliphatic rings. The maximum absolute atomic E-state index is 11.5. The molecule has 0 saturated heterocycles. The normalized spacial score (nSPS) is 11.9. The van der Waals surface area contributed by atoms with Gasteiger partial charge in [0.2, 0.25) is 0 Å². The summed E-state index contributed by atoms with van der Waals surface area (Å²) in [5.41, 5.74) is 1.78. The van der Waals surface area contributed by atoms with E-state index in [2.05, 4.69) is 15.7 Å². The third-order valence-electron chi connectivity index (χ3n) is 2.80. The van der Waals surface area contributed by atoms with E-state index < -0.39 is 18.0 Å². The molecule has 1 heterocycles. The Morgan fingerprint density at radius 3 is 2.68 bits per heavy atom. The number of aliphatic carboxylic acids is 1. The van der Waals surface area contributed by atoms with Gasteiger partial charge in [-0.3, -0.25) is 4.68 Å². The van der Waals surface area contributed by atoms with Gasteiger partial charge in [0.1, 0.15) is 6.04 Å². The van der Waals surface area contributed by atoms with E-state index in [1.165, 1.54) is 0 Å². The highest BCUT2D eigenvalue weighted by Crippen LogP contribution is 2.04. The molecule has 0 spiro atoms. The number of nitrogens with one attached hydrogen (secondary N) is 2. The number of nitrogens with zero attached hydrogens (tertiary/aromatic N) is 2. The Kier molecular flexibility index (Phi) is 5.31. The first-order valence-electron chi connectivity index (χ1n) is 5.81. The highest BCUT2D eigenvalue weighted by molar-refractivity contribution is 5.82. The first-order valence-corrected chi connectivity index (χ1v) is 5.81. The summed E-state index contributed by atoms with van der Waals surface area (Å²) in [6.45, 7) is 1.82. The van der Waals surface area contributed by atoms with E-state index in [1.54, 1.807) is 17.9 Å². The summed E-state index contributed by atoms with van der Waals surface area (Å²) in [5.74, 6) is -1.18. The van der Waals surface area contributed by atoms with E-state index >= 15 is 0 Å². The second-order valence-electron chi connectivity index (χ2n) is 4.11. The highest BCUT2D eigenvalue weighted by atomic mass is 16.4. The van der Waals surface area contributed by atoms with Gasteiger partial charge in [0.25, 0.3) is 0 Å². The van der Waals surface area contributed by atoms with Crippen molar-refractivity contribution in [1.82, 2.24) is 20.4 Å². The van der Waals surface area contributed by atoms with Crippen LogP contribution in [0.15, 0.2) is 6.20 Å². The number of carboxylic acid groups (broad SMARTS) is 1. The van der Waals surface area contributed by atoms with E-state index in [4.69, 9.17) is 10.2 Å². The number of urea groups is 1. The van der Waals surface area contributed by atoms with Crippen LogP contribution in [0.1, 0.15) is 17.7 Å². The Morgan fingerprint density at radius 1 is 1.53 bits per heavy atom. The van der Waals surface area contributed by atoms with Crippen LogP contribution in [0.4, 0.5) is 4.79 Å². The molecule has 8 nitrogen and oxygen atoms in total. The molecule has 0 unspecified atom stereocenters. The molecule has 106 valence electrons. The summed E-state index contributed by atoms with van der Waals surface area (Å²) in [5, 5.41) is 26.4. The fraction of sp³-hybridized carbons (Fsp3) is 0.545. The van der Waals surface area contributed by atoms with Crippen molar-refractivity contribution in [1.29, 1.82) is 0 Å². The summed E-state index contributed by atoms with van der Waals surface area (Å²) in [6.07, 6.45) is 1.60.